The highest BCUT2D eigenvalue weighted by molar-refractivity contribution is 5.71. The predicted octanol–water partition coefficient (Wildman–Crippen LogP) is 1.26. The third-order valence-electron chi connectivity index (χ3n) is 1.88. The molecule has 7 nitrogen and oxygen atoms in total. The number of nitro groups is 1. The maximum absolute atomic E-state index is 12.5. The van der Waals surface area contributed by atoms with Crippen LogP contribution in [0.3, 0.4) is 0 Å². The first-order chi connectivity index (χ1) is 7.84. The van der Waals surface area contributed by atoms with Crippen LogP contribution in [0.5, 0.6) is 5.75 Å². The minimum absolute atomic E-state index is 0.499. The summed E-state index contributed by atoms with van der Waals surface area (Å²) in [6, 6.07) is 0. The van der Waals surface area contributed by atoms with Crippen LogP contribution in [-0.2, 0) is 11.2 Å². The Morgan fingerprint density at radius 1 is 1.59 bits per heavy atom. The van der Waals surface area contributed by atoms with Crippen LogP contribution >= 0.6 is 0 Å². The SMILES string of the molecule is O=C(O)Cc1ncc([N+](=O)[O-])c(C(F)F)c1O. The number of nitrogens with zero attached hydrogens (tertiary/aromatic N) is 2. The maximum atomic E-state index is 12.5. The van der Waals surface area contributed by atoms with Crippen molar-refractivity contribution in [1.82, 2.24) is 4.98 Å². The van der Waals surface area contributed by atoms with Crippen molar-refractivity contribution in [3.05, 3.63) is 27.6 Å². The molecule has 1 rings (SSSR count). The highest BCUT2D eigenvalue weighted by atomic mass is 19.3. The van der Waals surface area contributed by atoms with Crippen molar-refractivity contribution >= 4 is 11.7 Å². The van der Waals surface area contributed by atoms with Gasteiger partial charge >= 0.3 is 5.97 Å². The Morgan fingerprint density at radius 2 is 2.18 bits per heavy atom. The van der Waals surface area contributed by atoms with Crippen LogP contribution in [0, 0.1) is 10.1 Å². The van der Waals surface area contributed by atoms with Gasteiger partial charge in [-0.05, 0) is 0 Å². The van der Waals surface area contributed by atoms with E-state index in [9.17, 15) is 28.8 Å². The number of pyridine rings is 1. The predicted molar refractivity (Wildman–Crippen MR) is 48.9 cm³/mol. The third-order valence-corrected chi connectivity index (χ3v) is 1.88. The second-order valence-corrected chi connectivity index (χ2v) is 2.98. The zero-order valence-electron chi connectivity index (χ0n) is 8.13. The van der Waals surface area contributed by atoms with Gasteiger partial charge in [0.1, 0.15) is 11.8 Å². The van der Waals surface area contributed by atoms with Crippen molar-refractivity contribution in [1.29, 1.82) is 0 Å². The van der Waals surface area contributed by atoms with Crippen LogP contribution in [0.25, 0.3) is 0 Å². The number of rotatable bonds is 4. The molecular weight excluding hydrogens is 242 g/mol. The minimum Gasteiger partial charge on any atom is -0.505 e. The summed E-state index contributed by atoms with van der Waals surface area (Å²) in [5.74, 6) is -2.56. The summed E-state index contributed by atoms with van der Waals surface area (Å²) < 4.78 is 25.1. The molecule has 0 radical (unpaired) electrons. The summed E-state index contributed by atoms with van der Waals surface area (Å²) >= 11 is 0. The zero-order chi connectivity index (χ0) is 13.2. The summed E-state index contributed by atoms with van der Waals surface area (Å²) in [4.78, 5) is 22.9. The lowest BCUT2D eigenvalue weighted by atomic mass is 10.1. The van der Waals surface area contributed by atoms with Gasteiger partial charge in [0.25, 0.3) is 12.1 Å². The monoisotopic (exact) mass is 248 g/mol. The van der Waals surface area contributed by atoms with E-state index in [1.807, 2.05) is 0 Å². The number of hydrogen-bond acceptors (Lipinski definition) is 5. The molecule has 0 aliphatic carbocycles. The van der Waals surface area contributed by atoms with Crippen LogP contribution in [0.1, 0.15) is 17.7 Å². The lowest BCUT2D eigenvalue weighted by Gasteiger charge is -2.07. The molecule has 0 atom stereocenters. The van der Waals surface area contributed by atoms with E-state index in [2.05, 4.69) is 4.98 Å². The number of alkyl halides is 2. The molecule has 1 aromatic heterocycles. The van der Waals surface area contributed by atoms with Crippen molar-refractivity contribution in [3.63, 3.8) is 0 Å². The Hall–Kier alpha value is -2.32. The fraction of sp³-hybridized carbons (Fsp3) is 0.250. The maximum Gasteiger partial charge on any atom is 0.309 e. The molecular formula is C8H6F2N2O5. The van der Waals surface area contributed by atoms with Crippen LogP contribution in [0.15, 0.2) is 6.20 Å². The standard InChI is InChI=1S/C8H6F2N2O5/c9-8(10)6-4(12(16)17)2-11-3(7(6)15)1-5(13)14/h2,8,15H,1H2,(H,13,14). The molecule has 0 aliphatic heterocycles. The minimum atomic E-state index is -3.30. The quantitative estimate of drug-likeness (QED) is 0.612. The van der Waals surface area contributed by atoms with E-state index in [1.165, 1.54) is 0 Å². The van der Waals surface area contributed by atoms with Crippen molar-refractivity contribution in [3.8, 4) is 5.75 Å². The lowest BCUT2D eigenvalue weighted by Crippen LogP contribution is -2.06. The Balaban J connectivity index is 3.38. The van der Waals surface area contributed by atoms with Gasteiger partial charge in [-0.25, -0.2) is 13.8 Å². The highest BCUT2D eigenvalue weighted by Crippen LogP contribution is 2.37. The molecule has 0 spiro atoms. The number of carboxylic acids is 1. The van der Waals surface area contributed by atoms with Crippen molar-refractivity contribution in [2.45, 2.75) is 12.8 Å². The molecule has 92 valence electrons. The largest absolute Gasteiger partial charge is 0.505 e. The van der Waals surface area contributed by atoms with Crippen LogP contribution in [0.2, 0.25) is 0 Å². The summed E-state index contributed by atoms with van der Waals surface area (Å²) in [6.45, 7) is 0. The van der Waals surface area contributed by atoms with Crippen molar-refractivity contribution in [2.24, 2.45) is 0 Å². The van der Waals surface area contributed by atoms with Gasteiger partial charge in [0, 0.05) is 0 Å². The fourth-order valence-electron chi connectivity index (χ4n) is 1.18. The summed E-state index contributed by atoms with van der Waals surface area (Å²) in [7, 11) is 0. The first-order valence-corrected chi connectivity index (χ1v) is 4.19. The Bertz CT molecular complexity index is 477. The van der Waals surface area contributed by atoms with Gasteiger partial charge in [-0.15, -0.1) is 0 Å². The lowest BCUT2D eigenvalue weighted by molar-refractivity contribution is -0.386. The molecule has 2 N–H and O–H groups in total. The molecule has 0 amide bonds. The highest BCUT2D eigenvalue weighted by Gasteiger charge is 2.29. The van der Waals surface area contributed by atoms with E-state index in [1.54, 1.807) is 0 Å². The molecule has 0 aliphatic rings. The Labute approximate surface area is 92.5 Å². The Kier molecular flexibility index (Phi) is 3.51. The van der Waals surface area contributed by atoms with Crippen molar-refractivity contribution < 1.29 is 28.7 Å². The van der Waals surface area contributed by atoms with E-state index in [-0.39, 0.29) is 0 Å². The molecule has 17 heavy (non-hydrogen) atoms. The first kappa shape index (κ1) is 12.7. The third kappa shape index (κ3) is 2.62. The molecule has 9 heteroatoms. The zero-order valence-corrected chi connectivity index (χ0v) is 8.13. The number of hydrogen-bond donors (Lipinski definition) is 2. The average Bonchev–Trinajstić information content (AvgIpc) is 2.19. The molecule has 1 aromatic rings. The molecule has 0 saturated carbocycles. The van der Waals surface area contributed by atoms with Crippen LogP contribution in [0.4, 0.5) is 14.5 Å². The molecule has 0 fully saturated rings. The molecule has 0 bridgehead atoms. The molecule has 1 heterocycles. The van der Waals surface area contributed by atoms with E-state index in [4.69, 9.17) is 5.11 Å². The number of halogens is 2. The number of aromatic nitrogens is 1. The smallest absolute Gasteiger partial charge is 0.309 e. The van der Waals surface area contributed by atoms with E-state index in [0.717, 1.165) is 0 Å². The molecule has 0 unspecified atom stereocenters. The number of carbonyl (C=O) groups is 1. The van der Waals surface area contributed by atoms with E-state index in [0.29, 0.717) is 6.20 Å². The average molecular weight is 248 g/mol. The fourth-order valence-corrected chi connectivity index (χ4v) is 1.18. The topological polar surface area (TPSA) is 114 Å². The number of aromatic hydroxyl groups is 1. The summed E-state index contributed by atoms with van der Waals surface area (Å²) in [5, 5.41) is 28.2. The van der Waals surface area contributed by atoms with E-state index < -0.39 is 46.4 Å². The van der Waals surface area contributed by atoms with Gasteiger partial charge in [0.15, 0.2) is 5.75 Å². The van der Waals surface area contributed by atoms with Gasteiger partial charge in [-0.1, -0.05) is 0 Å². The number of carboxylic acid groups (broad SMARTS) is 1. The summed E-state index contributed by atoms with van der Waals surface area (Å²) in [5.41, 5.74) is -2.81. The normalized spacial score (nSPS) is 10.5. The summed E-state index contributed by atoms with van der Waals surface area (Å²) in [6.07, 6.45) is -3.60. The Morgan fingerprint density at radius 3 is 2.59 bits per heavy atom. The first-order valence-electron chi connectivity index (χ1n) is 4.19. The molecule has 0 saturated heterocycles. The van der Waals surface area contributed by atoms with Gasteiger partial charge < -0.3 is 10.2 Å². The van der Waals surface area contributed by atoms with Crippen molar-refractivity contribution in [2.75, 3.05) is 0 Å². The van der Waals surface area contributed by atoms with Crippen LogP contribution in [-0.4, -0.2) is 26.1 Å². The van der Waals surface area contributed by atoms with Gasteiger partial charge in [-0.2, -0.15) is 0 Å². The second-order valence-electron chi connectivity index (χ2n) is 2.98. The van der Waals surface area contributed by atoms with Crippen LogP contribution < -0.4 is 0 Å². The number of aliphatic carboxylic acids is 1. The van der Waals surface area contributed by atoms with Gasteiger partial charge in [-0.3, -0.25) is 14.9 Å². The second kappa shape index (κ2) is 4.68. The van der Waals surface area contributed by atoms with Gasteiger partial charge in [0.2, 0.25) is 0 Å². The molecule has 0 aromatic carbocycles. The van der Waals surface area contributed by atoms with Gasteiger partial charge in [0.05, 0.1) is 17.0 Å². The van der Waals surface area contributed by atoms with E-state index >= 15 is 0 Å².